The number of nitrogens with two attached hydrogens (primary N) is 1. The number of nitrogens with zero attached hydrogens (tertiary/aromatic N) is 2. The molecule has 4 nitrogen and oxygen atoms in total. The zero-order valence-electron chi connectivity index (χ0n) is 9.69. The molecule has 1 aromatic rings. The van der Waals surface area contributed by atoms with Gasteiger partial charge >= 0.3 is 0 Å². The second kappa shape index (κ2) is 4.46. The molecule has 92 valence electrons. The third-order valence-electron chi connectivity index (χ3n) is 3.86. The summed E-state index contributed by atoms with van der Waals surface area (Å²) in [6, 6.07) is 2.41. The van der Waals surface area contributed by atoms with Crippen molar-refractivity contribution in [1.29, 1.82) is 0 Å². The van der Waals surface area contributed by atoms with Gasteiger partial charge in [-0.25, -0.2) is 4.98 Å². The van der Waals surface area contributed by atoms with E-state index in [4.69, 9.17) is 5.73 Å². The number of hydrogen-bond acceptors (Lipinski definition) is 4. The number of nitrogen functional groups attached to an aromatic ring is 1. The summed E-state index contributed by atoms with van der Waals surface area (Å²) < 4.78 is 0.925. The number of piperidine rings is 3. The predicted molar refractivity (Wildman–Crippen MR) is 72.9 cm³/mol. The Kier molecular flexibility index (Phi) is 2.96. The van der Waals surface area contributed by atoms with Crippen LogP contribution in [-0.4, -0.2) is 35.6 Å². The summed E-state index contributed by atoms with van der Waals surface area (Å²) in [6.07, 6.45) is 4.39. The second-order valence-electron chi connectivity index (χ2n) is 4.98. The Morgan fingerprint density at radius 2 is 2.18 bits per heavy atom. The summed E-state index contributed by atoms with van der Waals surface area (Å²) in [4.78, 5) is 6.87. The van der Waals surface area contributed by atoms with Crippen molar-refractivity contribution >= 4 is 27.4 Å². The van der Waals surface area contributed by atoms with E-state index in [0.717, 1.165) is 28.4 Å². The molecule has 4 heterocycles. The van der Waals surface area contributed by atoms with Gasteiger partial charge in [0, 0.05) is 23.3 Å². The molecule has 17 heavy (non-hydrogen) atoms. The molecule has 3 N–H and O–H groups in total. The number of pyridine rings is 1. The van der Waals surface area contributed by atoms with E-state index < -0.39 is 0 Å². The van der Waals surface area contributed by atoms with Crippen LogP contribution in [0.1, 0.15) is 12.8 Å². The van der Waals surface area contributed by atoms with Gasteiger partial charge in [-0.1, -0.05) is 0 Å². The minimum atomic E-state index is 0.508. The minimum absolute atomic E-state index is 0.508. The van der Waals surface area contributed by atoms with Gasteiger partial charge in [0.15, 0.2) is 0 Å². The number of fused-ring (bicyclic) bond motifs is 3. The molecule has 0 aliphatic carbocycles. The molecule has 1 unspecified atom stereocenters. The Morgan fingerprint density at radius 3 is 2.76 bits per heavy atom. The Labute approximate surface area is 110 Å². The van der Waals surface area contributed by atoms with Gasteiger partial charge in [-0.3, -0.25) is 0 Å². The highest BCUT2D eigenvalue weighted by Gasteiger charge is 2.34. The van der Waals surface area contributed by atoms with Crippen molar-refractivity contribution in [3.8, 4) is 0 Å². The fraction of sp³-hybridized carbons (Fsp3) is 0.583. The van der Waals surface area contributed by atoms with Gasteiger partial charge in [-0.15, -0.1) is 0 Å². The van der Waals surface area contributed by atoms with Crippen LogP contribution in [0.2, 0.25) is 0 Å². The van der Waals surface area contributed by atoms with Crippen molar-refractivity contribution in [2.75, 3.05) is 30.7 Å². The van der Waals surface area contributed by atoms with E-state index in [1.807, 2.05) is 6.07 Å². The van der Waals surface area contributed by atoms with Crippen molar-refractivity contribution < 1.29 is 0 Å². The van der Waals surface area contributed by atoms with Crippen LogP contribution < -0.4 is 11.1 Å². The third-order valence-corrected chi connectivity index (χ3v) is 4.30. The fourth-order valence-corrected chi connectivity index (χ4v) is 3.23. The van der Waals surface area contributed by atoms with Crippen LogP contribution in [0.15, 0.2) is 16.7 Å². The number of rotatable bonds is 2. The lowest BCUT2D eigenvalue weighted by Gasteiger charge is -2.45. The smallest absolute Gasteiger partial charge is 0.149 e. The van der Waals surface area contributed by atoms with Crippen molar-refractivity contribution in [2.24, 2.45) is 5.92 Å². The predicted octanol–water partition coefficient (Wildman–Crippen LogP) is 1.93. The molecule has 1 aromatic heterocycles. The minimum Gasteiger partial charge on any atom is -0.396 e. The van der Waals surface area contributed by atoms with Crippen molar-refractivity contribution in [2.45, 2.75) is 18.9 Å². The molecular formula is C12H17BrN4. The molecule has 5 heteroatoms. The van der Waals surface area contributed by atoms with E-state index in [1.165, 1.54) is 25.9 Å². The topological polar surface area (TPSA) is 54.2 Å². The van der Waals surface area contributed by atoms with E-state index >= 15 is 0 Å². The summed E-state index contributed by atoms with van der Waals surface area (Å²) in [5.41, 5.74) is 6.69. The van der Waals surface area contributed by atoms with Gasteiger partial charge in [-0.2, -0.15) is 0 Å². The third kappa shape index (κ3) is 2.26. The van der Waals surface area contributed by atoms with Gasteiger partial charge in [0.05, 0.1) is 5.69 Å². The molecule has 3 aliphatic rings. The van der Waals surface area contributed by atoms with Gasteiger partial charge in [0.25, 0.3) is 0 Å². The van der Waals surface area contributed by atoms with Crippen LogP contribution in [0.4, 0.5) is 11.5 Å². The Morgan fingerprint density at radius 1 is 1.41 bits per heavy atom. The first-order valence-corrected chi connectivity index (χ1v) is 6.91. The summed E-state index contributed by atoms with van der Waals surface area (Å²) >= 11 is 3.38. The highest BCUT2D eigenvalue weighted by atomic mass is 79.9. The fourth-order valence-electron chi connectivity index (χ4n) is 2.88. The SMILES string of the molecule is Nc1cc(Br)cnc1NC1CN2CCC1CC2. The largest absolute Gasteiger partial charge is 0.396 e. The molecule has 0 amide bonds. The number of anilines is 2. The molecule has 2 bridgehead atoms. The lowest BCUT2D eigenvalue weighted by atomic mass is 9.84. The van der Waals surface area contributed by atoms with Crippen LogP contribution in [0.25, 0.3) is 0 Å². The monoisotopic (exact) mass is 296 g/mol. The Bertz CT molecular complexity index is 415. The number of nitrogens with one attached hydrogen (secondary N) is 1. The molecule has 0 radical (unpaired) electrons. The van der Waals surface area contributed by atoms with E-state index in [9.17, 15) is 0 Å². The van der Waals surface area contributed by atoms with Gasteiger partial charge in [0.1, 0.15) is 5.82 Å². The maximum Gasteiger partial charge on any atom is 0.149 e. The van der Waals surface area contributed by atoms with Crippen molar-refractivity contribution in [1.82, 2.24) is 9.88 Å². The van der Waals surface area contributed by atoms with E-state index in [2.05, 4.69) is 31.1 Å². The van der Waals surface area contributed by atoms with Crippen molar-refractivity contribution in [3.05, 3.63) is 16.7 Å². The zero-order chi connectivity index (χ0) is 11.8. The molecule has 1 atom stereocenters. The Hall–Kier alpha value is -0.810. The normalized spacial score (nSPS) is 31.5. The number of hydrogen-bond donors (Lipinski definition) is 2. The standard InChI is InChI=1S/C12H17BrN4/c13-9-5-10(14)12(15-6-9)16-11-7-17-3-1-8(11)2-4-17/h5-6,8,11H,1-4,7,14H2,(H,15,16). The number of halogens is 1. The first kappa shape index (κ1) is 11.3. The first-order chi connectivity index (χ1) is 8.22. The van der Waals surface area contributed by atoms with Gasteiger partial charge < -0.3 is 16.0 Å². The molecule has 0 aromatic carbocycles. The molecule has 3 saturated heterocycles. The average molecular weight is 297 g/mol. The lowest BCUT2D eigenvalue weighted by molar-refractivity contribution is 0.0974. The first-order valence-electron chi connectivity index (χ1n) is 6.12. The molecule has 0 spiro atoms. The Balaban J connectivity index is 1.74. The second-order valence-corrected chi connectivity index (χ2v) is 5.90. The van der Waals surface area contributed by atoms with E-state index in [0.29, 0.717) is 6.04 Å². The summed E-state index contributed by atoms with van der Waals surface area (Å²) in [5, 5.41) is 3.51. The van der Waals surface area contributed by atoms with Crippen molar-refractivity contribution in [3.63, 3.8) is 0 Å². The van der Waals surface area contributed by atoms with E-state index in [-0.39, 0.29) is 0 Å². The van der Waals surface area contributed by atoms with Gasteiger partial charge in [0.2, 0.25) is 0 Å². The highest BCUT2D eigenvalue weighted by Crippen LogP contribution is 2.30. The zero-order valence-corrected chi connectivity index (χ0v) is 11.3. The summed E-state index contributed by atoms with van der Waals surface area (Å²) in [7, 11) is 0. The van der Waals surface area contributed by atoms with Crippen LogP contribution in [0, 0.1) is 5.92 Å². The maximum atomic E-state index is 5.97. The lowest BCUT2D eigenvalue weighted by Crippen LogP contribution is -2.53. The molecule has 0 saturated carbocycles. The summed E-state index contributed by atoms with van der Waals surface area (Å²) in [5.74, 6) is 1.61. The van der Waals surface area contributed by atoms with Crippen LogP contribution >= 0.6 is 15.9 Å². The van der Waals surface area contributed by atoms with Crippen LogP contribution in [0.3, 0.4) is 0 Å². The van der Waals surface area contributed by atoms with Crippen LogP contribution in [-0.2, 0) is 0 Å². The molecule has 3 fully saturated rings. The van der Waals surface area contributed by atoms with E-state index in [1.54, 1.807) is 6.20 Å². The summed E-state index contributed by atoms with van der Waals surface area (Å²) in [6.45, 7) is 3.64. The average Bonchev–Trinajstić information content (AvgIpc) is 2.34. The molecule has 4 rings (SSSR count). The maximum absolute atomic E-state index is 5.97. The highest BCUT2D eigenvalue weighted by molar-refractivity contribution is 9.10. The number of aromatic nitrogens is 1. The van der Waals surface area contributed by atoms with Gasteiger partial charge in [-0.05, 0) is 53.8 Å². The molecule has 3 aliphatic heterocycles. The van der Waals surface area contributed by atoms with Crippen LogP contribution in [0.5, 0.6) is 0 Å². The quantitative estimate of drug-likeness (QED) is 0.876. The molecular weight excluding hydrogens is 280 g/mol.